The first-order chi connectivity index (χ1) is 6.02. The zero-order valence-corrected chi connectivity index (χ0v) is 9.40. The number of benzene rings is 1. The summed E-state index contributed by atoms with van der Waals surface area (Å²) in [6.45, 7) is -2.87. The summed E-state index contributed by atoms with van der Waals surface area (Å²) in [5.74, 6) is -0.0370. The summed E-state index contributed by atoms with van der Waals surface area (Å²) >= 11 is 6.30. The quantitative estimate of drug-likeness (QED) is 0.849. The van der Waals surface area contributed by atoms with Gasteiger partial charge in [0, 0.05) is 4.47 Å². The third kappa shape index (κ3) is 2.54. The van der Waals surface area contributed by atoms with Crippen molar-refractivity contribution in [1.29, 1.82) is 0 Å². The van der Waals surface area contributed by atoms with Gasteiger partial charge in [-0.1, -0.05) is 0 Å². The second-order valence-corrected chi connectivity index (χ2v) is 3.80. The van der Waals surface area contributed by atoms with E-state index in [9.17, 15) is 8.78 Å². The zero-order chi connectivity index (χ0) is 10.0. The molecule has 0 fully saturated rings. The molecule has 2 nitrogen and oxygen atoms in total. The van der Waals surface area contributed by atoms with Crippen molar-refractivity contribution in [2.45, 2.75) is 6.61 Å². The van der Waals surface area contributed by atoms with Crippen LogP contribution in [0.4, 0.5) is 14.5 Å². The minimum absolute atomic E-state index is 0.0370. The van der Waals surface area contributed by atoms with Crippen molar-refractivity contribution >= 4 is 37.5 Å². The van der Waals surface area contributed by atoms with Gasteiger partial charge in [-0.2, -0.15) is 8.78 Å². The summed E-state index contributed by atoms with van der Waals surface area (Å²) in [5.41, 5.74) is 5.64. The van der Waals surface area contributed by atoms with Gasteiger partial charge in [0.05, 0.1) is 10.2 Å². The van der Waals surface area contributed by atoms with Gasteiger partial charge in [-0.3, -0.25) is 0 Å². The first-order valence-electron chi connectivity index (χ1n) is 3.20. The Kier molecular flexibility index (Phi) is 3.49. The van der Waals surface area contributed by atoms with Gasteiger partial charge in [-0.15, -0.1) is 0 Å². The molecule has 1 aromatic carbocycles. The maximum Gasteiger partial charge on any atom is 0.387 e. The maximum absolute atomic E-state index is 11.8. The van der Waals surface area contributed by atoms with Gasteiger partial charge in [0.2, 0.25) is 0 Å². The van der Waals surface area contributed by atoms with Crippen molar-refractivity contribution in [3.63, 3.8) is 0 Å². The van der Waals surface area contributed by atoms with Crippen LogP contribution in [0.3, 0.4) is 0 Å². The normalized spacial score (nSPS) is 10.5. The molecule has 6 heteroatoms. The SMILES string of the molecule is Nc1c(OC(F)F)ccc(Br)c1Br. The molecule has 0 aromatic heterocycles. The summed E-state index contributed by atoms with van der Waals surface area (Å²) in [7, 11) is 0. The van der Waals surface area contributed by atoms with E-state index >= 15 is 0 Å². The molecule has 0 unspecified atom stereocenters. The monoisotopic (exact) mass is 315 g/mol. The van der Waals surface area contributed by atoms with Crippen molar-refractivity contribution in [2.75, 3.05) is 5.73 Å². The molecular weight excluding hydrogens is 312 g/mol. The number of hydrogen-bond acceptors (Lipinski definition) is 2. The highest BCUT2D eigenvalue weighted by molar-refractivity contribution is 9.13. The van der Waals surface area contributed by atoms with Crippen LogP contribution in [0, 0.1) is 0 Å². The Morgan fingerprint density at radius 3 is 2.46 bits per heavy atom. The summed E-state index contributed by atoms with van der Waals surface area (Å²) in [6, 6.07) is 2.94. The second kappa shape index (κ2) is 4.23. The Hall–Kier alpha value is -0.360. The molecule has 2 N–H and O–H groups in total. The van der Waals surface area contributed by atoms with Crippen LogP contribution >= 0.6 is 31.9 Å². The summed E-state index contributed by atoms with van der Waals surface area (Å²) in [6.07, 6.45) is 0. The highest BCUT2D eigenvalue weighted by atomic mass is 79.9. The Bertz CT molecular complexity index is 320. The standard InChI is InChI=1S/C7H5Br2F2NO/c8-3-1-2-4(13-7(10)11)6(12)5(3)9/h1-2,7H,12H2. The average Bonchev–Trinajstić information content (AvgIpc) is 2.06. The van der Waals surface area contributed by atoms with E-state index in [0.717, 1.165) is 0 Å². The van der Waals surface area contributed by atoms with E-state index < -0.39 is 6.61 Å². The molecule has 0 saturated heterocycles. The van der Waals surface area contributed by atoms with E-state index in [-0.39, 0.29) is 11.4 Å². The molecule has 0 radical (unpaired) electrons. The molecule has 0 heterocycles. The van der Waals surface area contributed by atoms with Crippen LogP contribution in [0.15, 0.2) is 21.1 Å². The molecule has 0 atom stereocenters. The largest absolute Gasteiger partial charge is 0.433 e. The van der Waals surface area contributed by atoms with Gasteiger partial charge in [0.15, 0.2) is 0 Å². The van der Waals surface area contributed by atoms with E-state index in [1.807, 2.05) is 0 Å². The molecule has 72 valence electrons. The lowest BCUT2D eigenvalue weighted by molar-refractivity contribution is -0.0493. The van der Waals surface area contributed by atoms with Crippen molar-refractivity contribution in [1.82, 2.24) is 0 Å². The van der Waals surface area contributed by atoms with Crippen LogP contribution in [0.2, 0.25) is 0 Å². The molecule has 0 bridgehead atoms. The van der Waals surface area contributed by atoms with Gasteiger partial charge in [0.1, 0.15) is 5.75 Å². The van der Waals surface area contributed by atoms with Crippen LogP contribution in [0.5, 0.6) is 5.75 Å². The van der Waals surface area contributed by atoms with E-state index in [4.69, 9.17) is 5.73 Å². The van der Waals surface area contributed by atoms with Crippen LogP contribution in [0.25, 0.3) is 0 Å². The molecule has 0 aliphatic rings. The minimum atomic E-state index is -2.87. The first-order valence-corrected chi connectivity index (χ1v) is 4.79. The lowest BCUT2D eigenvalue weighted by Gasteiger charge is -2.09. The van der Waals surface area contributed by atoms with E-state index in [2.05, 4.69) is 36.6 Å². The molecule has 13 heavy (non-hydrogen) atoms. The predicted molar refractivity (Wildman–Crippen MR) is 52.9 cm³/mol. The molecule has 0 spiro atoms. The number of nitrogen functional groups attached to an aromatic ring is 1. The van der Waals surface area contributed by atoms with E-state index in [1.54, 1.807) is 6.07 Å². The van der Waals surface area contributed by atoms with Crippen LogP contribution in [0.1, 0.15) is 0 Å². The van der Waals surface area contributed by atoms with Gasteiger partial charge in [-0.05, 0) is 44.0 Å². The molecule has 0 aliphatic heterocycles. The van der Waals surface area contributed by atoms with E-state index in [0.29, 0.717) is 8.95 Å². The molecular formula is C7H5Br2F2NO. The van der Waals surface area contributed by atoms with Crippen molar-refractivity contribution in [3.05, 3.63) is 21.1 Å². The zero-order valence-electron chi connectivity index (χ0n) is 6.23. The van der Waals surface area contributed by atoms with Crippen molar-refractivity contribution in [2.24, 2.45) is 0 Å². The smallest absolute Gasteiger partial charge is 0.387 e. The Morgan fingerprint density at radius 1 is 1.31 bits per heavy atom. The van der Waals surface area contributed by atoms with Gasteiger partial charge < -0.3 is 10.5 Å². The summed E-state index contributed by atoms with van der Waals surface area (Å²) in [4.78, 5) is 0. The predicted octanol–water partition coefficient (Wildman–Crippen LogP) is 3.40. The lowest BCUT2D eigenvalue weighted by Crippen LogP contribution is -2.04. The molecule has 0 saturated carbocycles. The number of rotatable bonds is 2. The number of alkyl halides is 2. The molecule has 1 rings (SSSR count). The van der Waals surface area contributed by atoms with Crippen LogP contribution < -0.4 is 10.5 Å². The summed E-state index contributed by atoms with van der Waals surface area (Å²) < 4.78 is 29.0. The lowest BCUT2D eigenvalue weighted by atomic mass is 10.3. The first kappa shape index (κ1) is 10.7. The molecule has 0 amide bonds. The fraction of sp³-hybridized carbons (Fsp3) is 0.143. The van der Waals surface area contributed by atoms with Gasteiger partial charge in [0.25, 0.3) is 0 Å². The van der Waals surface area contributed by atoms with Crippen molar-refractivity contribution < 1.29 is 13.5 Å². The fourth-order valence-electron chi connectivity index (χ4n) is 0.747. The third-order valence-electron chi connectivity index (χ3n) is 1.31. The summed E-state index contributed by atoms with van der Waals surface area (Å²) in [5, 5.41) is 0. The van der Waals surface area contributed by atoms with Gasteiger partial charge in [-0.25, -0.2) is 0 Å². The number of anilines is 1. The number of ether oxygens (including phenoxy) is 1. The van der Waals surface area contributed by atoms with Crippen LogP contribution in [-0.2, 0) is 0 Å². The molecule has 0 aliphatic carbocycles. The minimum Gasteiger partial charge on any atom is -0.433 e. The Balaban J connectivity index is 3.04. The maximum atomic E-state index is 11.8. The Morgan fingerprint density at radius 2 is 1.92 bits per heavy atom. The number of hydrogen-bond donors (Lipinski definition) is 1. The topological polar surface area (TPSA) is 35.2 Å². The average molecular weight is 317 g/mol. The van der Waals surface area contributed by atoms with Gasteiger partial charge >= 0.3 is 6.61 Å². The number of halogens is 4. The molecule has 1 aromatic rings. The number of nitrogens with two attached hydrogens (primary N) is 1. The highest BCUT2D eigenvalue weighted by Gasteiger charge is 2.11. The third-order valence-corrected chi connectivity index (χ3v) is 3.36. The van der Waals surface area contributed by atoms with Crippen LogP contribution in [-0.4, -0.2) is 6.61 Å². The second-order valence-electron chi connectivity index (χ2n) is 2.15. The van der Waals surface area contributed by atoms with E-state index in [1.165, 1.54) is 6.07 Å². The highest BCUT2D eigenvalue weighted by Crippen LogP contribution is 2.36. The van der Waals surface area contributed by atoms with Crippen molar-refractivity contribution in [3.8, 4) is 5.75 Å². The Labute approximate surface area is 90.3 Å². The fourth-order valence-corrected chi connectivity index (χ4v) is 1.42.